The molecule has 0 saturated carbocycles. The zero-order chi connectivity index (χ0) is 26.6. The molecule has 1 heterocycles. The molecule has 0 spiro atoms. The predicted octanol–water partition coefficient (Wildman–Crippen LogP) is 5.75. The Kier molecular flexibility index (Phi) is 8.21. The number of hydrogen-bond acceptors (Lipinski definition) is 6. The van der Waals surface area contributed by atoms with Crippen molar-refractivity contribution in [2.75, 3.05) is 13.7 Å². The van der Waals surface area contributed by atoms with Gasteiger partial charge in [-0.2, -0.15) is 8.42 Å². The number of rotatable bonds is 8. The lowest BCUT2D eigenvalue weighted by molar-refractivity contribution is -0.122. The molecule has 3 aromatic rings. The molecule has 3 aromatic carbocycles. The summed E-state index contributed by atoms with van der Waals surface area (Å²) in [5.74, 6) is 0.0153. The van der Waals surface area contributed by atoms with Crippen molar-refractivity contribution < 1.29 is 27.1 Å². The van der Waals surface area contributed by atoms with Crippen molar-refractivity contribution in [3.8, 4) is 11.5 Å². The Labute approximate surface area is 223 Å². The van der Waals surface area contributed by atoms with Gasteiger partial charge >= 0.3 is 0 Å². The van der Waals surface area contributed by atoms with Crippen LogP contribution < -0.4 is 9.47 Å². The lowest BCUT2D eigenvalue weighted by atomic mass is 10.1. The minimum absolute atomic E-state index is 0.0229. The van der Waals surface area contributed by atoms with Gasteiger partial charge in [0.2, 0.25) is 0 Å². The van der Waals surface area contributed by atoms with E-state index < -0.39 is 15.8 Å². The number of sulfonamides is 1. The molecule has 1 aliphatic rings. The molecule has 11 heteroatoms. The zero-order valence-electron chi connectivity index (χ0n) is 19.9. The van der Waals surface area contributed by atoms with E-state index in [4.69, 9.17) is 21.1 Å². The lowest BCUT2D eigenvalue weighted by Crippen LogP contribution is -2.29. The molecule has 1 fully saturated rings. The second-order valence-electron chi connectivity index (χ2n) is 7.75. The van der Waals surface area contributed by atoms with E-state index in [0.29, 0.717) is 27.0 Å². The lowest BCUT2D eigenvalue weighted by Gasteiger charge is -2.12. The third-order valence-electron chi connectivity index (χ3n) is 5.34. The Balaban J connectivity index is 1.57. The van der Waals surface area contributed by atoms with Gasteiger partial charge < -0.3 is 9.47 Å². The van der Waals surface area contributed by atoms with Gasteiger partial charge in [-0.15, -0.1) is 4.40 Å². The number of hydrogen-bond donors (Lipinski definition) is 0. The first-order chi connectivity index (χ1) is 17.7. The molecule has 0 bridgehead atoms. The van der Waals surface area contributed by atoms with Gasteiger partial charge in [-0.3, -0.25) is 9.69 Å². The minimum Gasteiger partial charge on any atom is -0.493 e. The molecule has 0 N–H and O–H groups in total. The van der Waals surface area contributed by atoms with E-state index in [0.717, 1.165) is 41.6 Å². The molecular formula is C26H22ClFN2O5S2. The number of amides is 1. The fourth-order valence-corrected chi connectivity index (χ4v) is 5.87. The van der Waals surface area contributed by atoms with Crippen LogP contribution in [-0.4, -0.2) is 38.0 Å². The van der Waals surface area contributed by atoms with Gasteiger partial charge in [-0.05, 0) is 72.8 Å². The van der Waals surface area contributed by atoms with Crippen LogP contribution in [-0.2, 0) is 21.4 Å². The average Bonchev–Trinajstić information content (AvgIpc) is 3.16. The number of benzene rings is 3. The summed E-state index contributed by atoms with van der Waals surface area (Å²) in [5, 5.41) is 0.619. The van der Waals surface area contributed by atoms with Crippen molar-refractivity contribution in [3.63, 3.8) is 0 Å². The van der Waals surface area contributed by atoms with E-state index in [9.17, 15) is 17.6 Å². The second-order valence-corrected chi connectivity index (χ2v) is 10.8. The standard InChI is InChI=1S/C26H22ClFN2O5S2/c1-3-30-25(31)24(36-26(30)29-37(32,33)20-11-9-19(28)10-12-20)15-17-8-13-22(23(14-17)34-2)35-16-18-6-4-5-7-21(18)27/h4-15H,3,16H2,1-2H3. The number of likely N-dealkylation sites (N-methyl/N-ethyl adjacent to an activating group) is 1. The van der Waals surface area contributed by atoms with Gasteiger partial charge in [0.05, 0.1) is 16.9 Å². The van der Waals surface area contributed by atoms with Crippen LogP contribution in [0.25, 0.3) is 6.08 Å². The topological polar surface area (TPSA) is 85.3 Å². The largest absolute Gasteiger partial charge is 0.493 e. The summed E-state index contributed by atoms with van der Waals surface area (Å²) in [6.45, 7) is 2.19. The Morgan fingerprint density at radius 3 is 2.49 bits per heavy atom. The molecule has 0 radical (unpaired) electrons. The van der Waals surface area contributed by atoms with Crippen molar-refractivity contribution in [2.45, 2.75) is 18.4 Å². The summed E-state index contributed by atoms with van der Waals surface area (Å²) < 4.78 is 53.8. The van der Waals surface area contributed by atoms with Gasteiger partial charge in [0.25, 0.3) is 15.9 Å². The molecule has 0 unspecified atom stereocenters. The summed E-state index contributed by atoms with van der Waals surface area (Å²) in [6.07, 6.45) is 1.63. The molecule has 1 aliphatic heterocycles. The van der Waals surface area contributed by atoms with Crippen molar-refractivity contribution in [1.29, 1.82) is 0 Å². The van der Waals surface area contributed by atoms with Crippen LogP contribution in [0.3, 0.4) is 0 Å². The second kappa shape index (κ2) is 11.4. The first-order valence-corrected chi connectivity index (χ1v) is 13.7. The molecular weight excluding hydrogens is 539 g/mol. The van der Waals surface area contributed by atoms with Crippen molar-refractivity contribution in [2.24, 2.45) is 4.40 Å². The maximum atomic E-state index is 13.2. The maximum Gasteiger partial charge on any atom is 0.284 e. The van der Waals surface area contributed by atoms with Crippen LogP contribution in [0.4, 0.5) is 4.39 Å². The molecule has 0 aliphatic carbocycles. The van der Waals surface area contributed by atoms with E-state index in [2.05, 4.69) is 4.40 Å². The number of carbonyl (C=O) groups excluding carboxylic acids is 1. The third-order valence-corrected chi connectivity index (χ3v) is 8.11. The molecule has 1 saturated heterocycles. The Morgan fingerprint density at radius 2 is 1.81 bits per heavy atom. The number of nitrogens with zero attached hydrogens (tertiary/aromatic N) is 2. The van der Waals surface area contributed by atoms with Crippen LogP contribution in [0, 0.1) is 5.82 Å². The SMILES string of the molecule is CCN1C(=O)C(=Cc2ccc(OCc3ccccc3Cl)c(OC)c2)SC1=NS(=O)(=O)c1ccc(F)cc1. The Bertz CT molecular complexity index is 1490. The Morgan fingerprint density at radius 1 is 1.08 bits per heavy atom. The summed E-state index contributed by atoms with van der Waals surface area (Å²) in [7, 11) is -2.63. The maximum absolute atomic E-state index is 13.2. The Hall–Kier alpha value is -3.34. The minimum atomic E-state index is -4.14. The highest BCUT2D eigenvalue weighted by Gasteiger charge is 2.34. The van der Waals surface area contributed by atoms with E-state index in [1.54, 1.807) is 37.3 Å². The molecule has 192 valence electrons. The smallest absolute Gasteiger partial charge is 0.284 e. The first-order valence-electron chi connectivity index (χ1n) is 11.1. The molecule has 4 rings (SSSR count). The fraction of sp³-hybridized carbons (Fsp3) is 0.154. The first kappa shape index (κ1) is 26.7. The average molecular weight is 561 g/mol. The number of amidine groups is 1. The zero-order valence-corrected chi connectivity index (χ0v) is 22.2. The van der Waals surface area contributed by atoms with Crippen molar-refractivity contribution >= 4 is 50.5 Å². The molecule has 1 amide bonds. The quantitative estimate of drug-likeness (QED) is 0.326. The van der Waals surface area contributed by atoms with Crippen LogP contribution in [0.15, 0.2) is 80.9 Å². The number of methoxy groups -OCH3 is 1. The summed E-state index contributed by atoms with van der Waals surface area (Å²) in [4.78, 5) is 14.4. The van der Waals surface area contributed by atoms with Gasteiger partial charge in [0.15, 0.2) is 16.7 Å². The van der Waals surface area contributed by atoms with Gasteiger partial charge in [0.1, 0.15) is 12.4 Å². The molecule has 0 aromatic heterocycles. The van der Waals surface area contributed by atoms with Gasteiger partial charge in [-0.1, -0.05) is 35.9 Å². The monoisotopic (exact) mass is 560 g/mol. The number of halogens is 2. The van der Waals surface area contributed by atoms with E-state index in [-0.39, 0.29) is 29.1 Å². The van der Waals surface area contributed by atoms with E-state index in [1.807, 2.05) is 18.2 Å². The van der Waals surface area contributed by atoms with Crippen molar-refractivity contribution in [3.05, 3.63) is 93.6 Å². The van der Waals surface area contributed by atoms with Crippen LogP contribution in [0.2, 0.25) is 5.02 Å². The van der Waals surface area contributed by atoms with Crippen LogP contribution in [0.1, 0.15) is 18.1 Å². The fourth-order valence-electron chi connectivity index (χ4n) is 3.43. The highest BCUT2D eigenvalue weighted by molar-refractivity contribution is 8.19. The van der Waals surface area contributed by atoms with E-state index >= 15 is 0 Å². The van der Waals surface area contributed by atoms with Gasteiger partial charge in [-0.25, -0.2) is 4.39 Å². The summed E-state index contributed by atoms with van der Waals surface area (Å²) in [6, 6.07) is 16.9. The van der Waals surface area contributed by atoms with Crippen LogP contribution in [0.5, 0.6) is 11.5 Å². The molecule has 0 atom stereocenters. The van der Waals surface area contributed by atoms with Crippen molar-refractivity contribution in [1.82, 2.24) is 4.90 Å². The normalized spacial score (nSPS) is 16.0. The number of thioether (sulfide) groups is 1. The number of ether oxygens (including phenoxy) is 2. The van der Waals surface area contributed by atoms with E-state index in [1.165, 1.54) is 12.0 Å². The third kappa shape index (κ3) is 6.15. The summed E-state index contributed by atoms with van der Waals surface area (Å²) in [5.41, 5.74) is 1.48. The predicted molar refractivity (Wildman–Crippen MR) is 143 cm³/mol. The van der Waals surface area contributed by atoms with Gasteiger partial charge in [0, 0.05) is 17.1 Å². The summed E-state index contributed by atoms with van der Waals surface area (Å²) >= 11 is 7.14. The number of carbonyl (C=O) groups is 1. The highest BCUT2D eigenvalue weighted by atomic mass is 35.5. The molecule has 37 heavy (non-hydrogen) atoms. The highest BCUT2D eigenvalue weighted by Crippen LogP contribution is 2.36. The van der Waals surface area contributed by atoms with Crippen LogP contribution >= 0.6 is 23.4 Å². The molecule has 7 nitrogen and oxygen atoms in total.